The van der Waals surface area contributed by atoms with Gasteiger partial charge in [-0.3, -0.25) is 13.9 Å². The van der Waals surface area contributed by atoms with Crippen LogP contribution in [0, 0.1) is 6.92 Å². The summed E-state index contributed by atoms with van der Waals surface area (Å²) in [7, 11) is -4.04. The highest BCUT2D eigenvalue weighted by Gasteiger charge is 2.32. The zero-order chi connectivity index (χ0) is 26.1. The monoisotopic (exact) mass is 507 g/mol. The first-order chi connectivity index (χ1) is 17.2. The minimum atomic E-state index is -4.04. The first kappa shape index (κ1) is 26.9. The molecule has 0 saturated heterocycles. The number of carbonyl (C=O) groups is 2. The highest BCUT2D eigenvalue weighted by molar-refractivity contribution is 7.92. The van der Waals surface area contributed by atoms with E-state index in [-0.39, 0.29) is 17.3 Å². The SMILES string of the molecule is CCCNC(=O)[C@H](C)N(Cc1ccc(C)cc1)C(=O)CN(c1ccccc1)S(=O)(=O)c1ccccc1. The molecule has 0 aromatic heterocycles. The van der Waals surface area contributed by atoms with Crippen LogP contribution in [-0.2, 0) is 26.2 Å². The molecule has 1 atom stereocenters. The van der Waals surface area contributed by atoms with Crippen molar-refractivity contribution in [3.8, 4) is 0 Å². The summed E-state index contributed by atoms with van der Waals surface area (Å²) < 4.78 is 28.3. The van der Waals surface area contributed by atoms with E-state index in [1.165, 1.54) is 17.0 Å². The number of anilines is 1. The van der Waals surface area contributed by atoms with Crippen LogP contribution in [0.4, 0.5) is 5.69 Å². The van der Waals surface area contributed by atoms with Gasteiger partial charge in [0.25, 0.3) is 10.0 Å². The van der Waals surface area contributed by atoms with Crippen LogP contribution in [0.5, 0.6) is 0 Å². The largest absolute Gasteiger partial charge is 0.354 e. The van der Waals surface area contributed by atoms with Crippen molar-refractivity contribution in [2.24, 2.45) is 0 Å². The Balaban J connectivity index is 1.97. The Morgan fingerprint density at radius 2 is 1.47 bits per heavy atom. The molecule has 3 rings (SSSR count). The molecule has 8 heteroatoms. The molecule has 0 aliphatic heterocycles. The van der Waals surface area contributed by atoms with Gasteiger partial charge in [-0.15, -0.1) is 0 Å². The number of aryl methyl sites for hydroxylation is 1. The maximum absolute atomic E-state index is 13.7. The lowest BCUT2D eigenvalue weighted by molar-refractivity contribution is -0.139. The number of hydrogen-bond donors (Lipinski definition) is 1. The first-order valence-corrected chi connectivity index (χ1v) is 13.4. The summed E-state index contributed by atoms with van der Waals surface area (Å²) in [4.78, 5) is 28.1. The molecule has 7 nitrogen and oxygen atoms in total. The standard InChI is InChI=1S/C28H33N3O4S/c1-4-19-29-28(33)23(3)30(20-24-17-15-22(2)16-18-24)27(32)21-31(25-11-7-5-8-12-25)36(34,35)26-13-9-6-10-14-26/h5-18,23H,4,19-21H2,1-3H3,(H,29,33)/t23-/m0/s1. The number of nitrogens with one attached hydrogen (secondary N) is 1. The van der Waals surface area contributed by atoms with E-state index in [9.17, 15) is 18.0 Å². The number of sulfonamides is 1. The number of amides is 2. The summed E-state index contributed by atoms with van der Waals surface area (Å²) in [5, 5.41) is 2.84. The predicted octanol–water partition coefficient (Wildman–Crippen LogP) is 4.13. The average Bonchev–Trinajstić information content (AvgIpc) is 2.90. The second kappa shape index (κ2) is 12.4. The molecule has 2 amide bonds. The average molecular weight is 508 g/mol. The van der Waals surface area contributed by atoms with Crippen LogP contribution in [0.3, 0.4) is 0 Å². The van der Waals surface area contributed by atoms with E-state index in [1.54, 1.807) is 55.5 Å². The van der Waals surface area contributed by atoms with Crippen molar-refractivity contribution in [2.75, 3.05) is 17.4 Å². The van der Waals surface area contributed by atoms with Gasteiger partial charge in [0.15, 0.2) is 0 Å². The molecule has 0 radical (unpaired) electrons. The summed E-state index contributed by atoms with van der Waals surface area (Å²) in [5.74, 6) is -0.757. The Morgan fingerprint density at radius 1 is 0.889 bits per heavy atom. The molecule has 0 spiro atoms. The Morgan fingerprint density at radius 3 is 2.06 bits per heavy atom. The minimum absolute atomic E-state index is 0.0838. The fourth-order valence-corrected chi connectivity index (χ4v) is 5.15. The zero-order valence-corrected chi connectivity index (χ0v) is 21.7. The molecule has 36 heavy (non-hydrogen) atoms. The maximum Gasteiger partial charge on any atom is 0.264 e. The normalized spacial score (nSPS) is 12.0. The van der Waals surface area contributed by atoms with E-state index >= 15 is 0 Å². The van der Waals surface area contributed by atoms with Crippen molar-refractivity contribution in [1.29, 1.82) is 0 Å². The summed E-state index contributed by atoms with van der Waals surface area (Å²) >= 11 is 0. The van der Waals surface area contributed by atoms with Gasteiger partial charge in [-0.2, -0.15) is 0 Å². The van der Waals surface area contributed by atoms with E-state index in [0.717, 1.165) is 21.9 Å². The van der Waals surface area contributed by atoms with Gasteiger partial charge in [0.1, 0.15) is 12.6 Å². The first-order valence-electron chi connectivity index (χ1n) is 12.0. The fraction of sp³-hybridized carbons (Fsp3) is 0.286. The number of benzene rings is 3. The third-order valence-corrected chi connectivity index (χ3v) is 7.63. The lowest BCUT2D eigenvalue weighted by Gasteiger charge is -2.32. The van der Waals surface area contributed by atoms with Crippen molar-refractivity contribution in [2.45, 2.75) is 44.7 Å². The third kappa shape index (κ3) is 6.73. The van der Waals surface area contributed by atoms with Gasteiger partial charge in [0.05, 0.1) is 10.6 Å². The molecule has 0 unspecified atom stereocenters. The molecule has 0 aliphatic carbocycles. The van der Waals surface area contributed by atoms with Gasteiger partial charge in [0, 0.05) is 13.1 Å². The smallest absolute Gasteiger partial charge is 0.264 e. The van der Waals surface area contributed by atoms with Crippen LogP contribution in [0.25, 0.3) is 0 Å². The van der Waals surface area contributed by atoms with Gasteiger partial charge >= 0.3 is 0 Å². The number of nitrogens with zero attached hydrogens (tertiary/aromatic N) is 2. The second-order valence-corrected chi connectivity index (χ2v) is 10.5. The van der Waals surface area contributed by atoms with Crippen molar-refractivity contribution in [1.82, 2.24) is 10.2 Å². The lowest BCUT2D eigenvalue weighted by Crippen LogP contribution is -2.51. The van der Waals surface area contributed by atoms with Crippen LogP contribution in [-0.4, -0.2) is 44.3 Å². The predicted molar refractivity (Wildman–Crippen MR) is 142 cm³/mol. The van der Waals surface area contributed by atoms with Crippen LogP contribution < -0.4 is 9.62 Å². The highest BCUT2D eigenvalue weighted by Crippen LogP contribution is 2.24. The lowest BCUT2D eigenvalue weighted by atomic mass is 10.1. The zero-order valence-electron chi connectivity index (χ0n) is 20.9. The number of para-hydroxylation sites is 1. The van der Waals surface area contributed by atoms with Gasteiger partial charge in [-0.1, -0.05) is 73.2 Å². The number of hydrogen-bond acceptors (Lipinski definition) is 4. The third-order valence-electron chi connectivity index (χ3n) is 5.84. The molecule has 0 fully saturated rings. The van der Waals surface area contributed by atoms with Crippen molar-refractivity contribution in [3.05, 3.63) is 96.1 Å². The second-order valence-electron chi connectivity index (χ2n) is 8.63. The molecular formula is C28H33N3O4S. The summed E-state index contributed by atoms with van der Waals surface area (Å²) in [6.45, 7) is 5.81. The Hall–Kier alpha value is -3.65. The van der Waals surface area contributed by atoms with Crippen molar-refractivity contribution < 1.29 is 18.0 Å². The summed E-state index contributed by atoms with van der Waals surface area (Å²) in [6.07, 6.45) is 0.765. The van der Waals surface area contributed by atoms with Gasteiger partial charge in [-0.25, -0.2) is 8.42 Å². The minimum Gasteiger partial charge on any atom is -0.354 e. The topological polar surface area (TPSA) is 86.8 Å². The van der Waals surface area contributed by atoms with Crippen LogP contribution in [0.15, 0.2) is 89.8 Å². The van der Waals surface area contributed by atoms with Crippen LogP contribution >= 0.6 is 0 Å². The van der Waals surface area contributed by atoms with E-state index in [2.05, 4.69) is 5.32 Å². The van der Waals surface area contributed by atoms with E-state index in [1.807, 2.05) is 38.1 Å². The Kier molecular flexibility index (Phi) is 9.25. The molecule has 1 N–H and O–H groups in total. The molecule has 3 aromatic carbocycles. The van der Waals surface area contributed by atoms with E-state index in [4.69, 9.17) is 0 Å². The van der Waals surface area contributed by atoms with Gasteiger partial charge in [0.2, 0.25) is 11.8 Å². The number of rotatable bonds is 11. The maximum atomic E-state index is 13.7. The highest BCUT2D eigenvalue weighted by atomic mass is 32.2. The molecule has 0 aliphatic rings. The van der Waals surface area contributed by atoms with E-state index in [0.29, 0.717) is 12.2 Å². The molecule has 0 bridgehead atoms. The van der Waals surface area contributed by atoms with Gasteiger partial charge < -0.3 is 10.2 Å². The molecule has 0 saturated carbocycles. The van der Waals surface area contributed by atoms with Crippen LogP contribution in [0.2, 0.25) is 0 Å². The fourth-order valence-electron chi connectivity index (χ4n) is 3.71. The van der Waals surface area contributed by atoms with Crippen LogP contribution in [0.1, 0.15) is 31.4 Å². The summed E-state index contributed by atoms with van der Waals surface area (Å²) in [6, 6.07) is 23.4. The quantitative estimate of drug-likeness (QED) is 0.423. The number of carbonyl (C=O) groups excluding carboxylic acids is 2. The Labute approximate surface area is 213 Å². The van der Waals surface area contributed by atoms with Crippen molar-refractivity contribution in [3.63, 3.8) is 0 Å². The molecular weight excluding hydrogens is 474 g/mol. The van der Waals surface area contributed by atoms with Gasteiger partial charge in [-0.05, 0) is 50.1 Å². The van der Waals surface area contributed by atoms with Crippen molar-refractivity contribution >= 4 is 27.5 Å². The molecule has 190 valence electrons. The molecule has 0 heterocycles. The van der Waals surface area contributed by atoms with E-state index < -0.39 is 28.5 Å². The molecule has 3 aromatic rings. The summed E-state index contributed by atoms with van der Waals surface area (Å²) in [5.41, 5.74) is 2.30. The Bertz CT molecular complexity index is 1250.